The molecule has 232 valence electrons. The van der Waals surface area contributed by atoms with Crippen LogP contribution in [-0.4, -0.2) is 65.1 Å². The number of amides is 1. The molecule has 2 aromatic heterocycles. The summed E-state index contributed by atoms with van der Waals surface area (Å²) in [6.45, 7) is 3.45. The van der Waals surface area contributed by atoms with E-state index in [1.54, 1.807) is 24.5 Å². The lowest BCUT2D eigenvalue weighted by Crippen LogP contribution is -2.37. The fraction of sp³-hybridized carbons (Fsp3) is 0.357. The normalized spacial score (nSPS) is 13.9. The summed E-state index contributed by atoms with van der Waals surface area (Å²) in [6, 6.07) is 9.58. The van der Waals surface area contributed by atoms with Gasteiger partial charge < -0.3 is 31.3 Å². The van der Waals surface area contributed by atoms with E-state index in [0.717, 1.165) is 42.1 Å². The highest BCUT2D eigenvalue weighted by molar-refractivity contribution is 7.15. The minimum atomic E-state index is -4.71. The highest BCUT2D eigenvalue weighted by Gasteiger charge is 2.31. The summed E-state index contributed by atoms with van der Waals surface area (Å²) in [7, 11) is 1.50. The van der Waals surface area contributed by atoms with Crippen LogP contribution in [0.3, 0.4) is 0 Å². The molecular weight excluding hydrogens is 585 g/mol. The second kappa shape index (κ2) is 18.2. The molecule has 0 aliphatic carbocycles. The summed E-state index contributed by atoms with van der Waals surface area (Å²) in [5, 5.41) is 16.5. The first-order valence-electron chi connectivity index (χ1n) is 13.2. The van der Waals surface area contributed by atoms with Crippen LogP contribution in [0.1, 0.15) is 41.3 Å². The minimum Gasteiger partial charge on any atom is -0.406 e. The Labute approximate surface area is 251 Å². The van der Waals surface area contributed by atoms with Crippen molar-refractivity contribution < 1.29 is 27.5 Å². The minimum absolute atomic E-state index is 0.168. The Balaban J connectivity index is 0.00000155. The number of carbonyl (C=O) groups excluding carboxylic acids is 2. The number of hydrazone groups is 1. The van der Waals surface area contributed by atoms with Crippen LogP contribution in [0.5, 0.6) is 5.75 Å². The number of piperidine rings is 1. The number of nitrogens with zero attached hydrogens (tertiary/aromatic N) is 5. The zero-order valence-electron chi connectivity index (χ0n) is 23.7. The van der Waals surface area contributed by atoms with Crippen molar-refractivity contribution in [3.63, 3.8) is 0 Å². The number of likely N-dealkylation sites (tertiary alicyclic amines) is 1. The second-order valence-electron chi connectivity index (χ2n) is 8.92. The Morgan fingerprint density at radius 2 is 1.91 bits per heavy atom. The predicted octanol–water partition coefficient (Wildman–Crippen LogP) is 4.04. The number of carbonyl (C=O) groups is 2. The first kappa shape index (κ1) is 34.8. The number of hydrogen-bond acceptors (Lipinski definition) is 10. The average molecular weight is 621 g/mol. The molecule has 1 amide bonds. The van der Waals surface area contributed by atoms with Crippen LogP contribution in [0.4, 0.5) is 18.3 Å². The molecule has 0 saturated carbocycles. The molecule has 4 rings (SSSR count). The van der Waals surface area contributed by atoms with Crippen LogP contribution in [-0.2, 0) is 22.4 Å². The van der Waals surface area contributed by atoms with Gasteiger partial charge >= 0.3 is 6.36 Å². The van der Waals surface area contributed by atoms with Gasteiger partial charge in [0.2, 0.25) is 11.0 Å². The zero-order chi connectivity index (χ0) is 31.7. The van der Waals surface area contributed by atoms with Crippen molar-refractivity contribution in [2.75, 3.05) is 25.5 Å². The molecule has 1 aliphatic heterocycles. The Hall–Kier alpha value is -4.37. The number of halogens is 3. The lowest BCUT2D eigenvalue weighted by molar-refractivity contribution is -0.274. The van der Waals surface area contributed by atoms with Crippen LogP contribution in [0.15, 0.2) is 66.0 Å². The van der Waals surface area contributed by atoms with Gasteiger partial charge in [0.05, 0.1) is 6.42 Å². The van der Waals surface area contributed by atoms with Gasteiger partial charge in [0.1, 0.15) is 23.4 Å². The molecule has 0 radical (unpaired) electrons. The molecule has 3 aromatic rings. The van der Waals surface area contributed by atoms with Gasteiger partial charge in [0.25, 0.3) is 0 Å². The Morgan fingerprint density at radius 1 is 1.19 bits per heavy atom. The molecule has 5 N–H and O–H groups in total. The summed E-state index contributed by atoms with van der Waals surface area (Å²) >= 11 is 1.38. The molecule has 1 saturated heterocycles. The van der Waals surface area contributed by atoms with Gasteiger partial charge in [-0.25, -0.2) is 0 Å². The first-order valence-corrected chi connectivity index (χ1v) is 14.0. The van der Waals surface area contributed by atoms with E-state index in [0.29, 0.717) is 23.8 Å². The number of benzene rings is 1. The monoisotopic (exact) mass is 620 g/mol. The molecule has 1 fully saturated rings. The van der Waals surface area contributed by atoms with E-state index in [1.165, 1.54) is 36.6 Å². The summed E-state index contributed by atoms with van der Waals surface area (Å²) in [5.41, 5.74) is 6.06. The molecule has 1 aliphatic rings. The number of rotatable bonds is 9. The molecule has 43 heavy (non-hydrogen) atoms. The van der Waals surface area contributed by atoms with Gasteiger partial charge in [-0.3, -0.25) is 9.78 Å². The number of nitrogens with one attached hydrogen (secondary N) is 1. The van der Waals surface area contributed by atoms with Gasteiger partial charge in [-0.2, -0.15) is 5.10 Å². The molecule has 3 heterocycles. The van der Waals surface area contributed by atoms with Crippen molar-refractivity contribution in [2.24, 2.45) is 16.7 Å². The van der Waals surface area contributed by atoms with Gasteiger partial charge in [-0.1, -0.05) is 35.6 Å². The third-order valence-corrected chi connectivity index (χ3v) is 7.07. The highest BCUT2D eigenvalue weighted by atomic mass is 32.1. The van der Waals surface area contributed by atoms with Crippen molar-refractivity contribution in [2.45, 2.75) is 44.4 Å². The van der Waals surface area contributed by atoms with Crippen LogP contribution < -0.4 is 21.6 Å². The van der Waals surface area contributed by atoms with Gasteiger partial charge in [0, 0.05) is 31.4 Å². The Bertz CT molecular complexity index is 1310. The number of alkyl halides is 3. The number of nitrogens with two attached hydrogens (primary N) is 2. The average Bonchev–Trinajstić information content (AvgIpc) is 3.47. The smallest absolute Gasteiger partial charge is 0.406 e. The third kappa shape index (κ3) is 12.2. The lowest BCUT2D eigenvalue weighted by Gasteiger charge is -2.32. The van der Waals surface area contributed by atoms with E-state index < -0.39 is 6.36 Å². The maximum absolute atomic E-state index is 12.4. The molecule has 1 aromatic carbocycles. The second-order valence-corrected chi connectivity index (χ2v) is 9.93. The fourth-order valence-corrected chi connectivity index (χ4v) is 5.15. The summed E-state index contributed by atoms with van der Waals surface area (Å²) in [5.74, 6) is 6.10. The number of aryl methyl sites for hydroxylation is 1. The number of pyridine rings is 1. The van der Waals surface area contributed by atoms with Crippen molar-refractivity contribution >= 4 is 35.0 Å². The molecule has 0 spiro atoms. The number of aromatic nitrogens is 3. The topological polar surface area (TPSA) is 162 Å². The first-order chi connectivity index (χ1) is 20.8. The lowest BCUT2D eigenvalue weighted by atomic mass is 9.97. The van der Waals surface area contributed by atoms with Crippen molar-refractivity contribution in [3.05, 3.63) is 77.1 Å². The van der Waals surface area contributed by atoms with E-state index in [4.69, 9.17) is 10.6 Å². The number of allylic oxidation sites excluding steroid dienone is 1. The van der Waals surface area contributed by atoms with Gasteiger partial charge in [-0.05, 0) is 68.1 Å². The number of hydrogen-bond donors (Lipinski definition) is 3. The van der Waals surface area contributed by atoms with E-state index >= 15 is 0 Å². The van der Waals surface area contributed by atoms with Crippen molar-refractivity contribution in [1.29, 1.82) is 0 Å². The Kier molecular flexibility index (Phi) is 14.8. The van der Waals surface area contributed by atoms with Crippen LogP contribution in [0.25, 0.3) is 0 Å². The maximum Gasteiger partial charge on any atom is 0.573 e. The van der Waals surface area contributed by atoms with E-state index in [2.05, 4.69) is 41.0 Å². The summed E-state index contributed by atoms with van der Waals surface area (Å²) in [6.07, 6.45) is 5.36. The molecule has 0 unspecified atom stereocenters. The highest BCUT2D eigenvalue weighted by Crippen LogP contribution is 2.32. The maximum atomic E-state index is 12.4. The molecule has 15 heteroatoms. The van der Waals surface area contributed by atoms with Gasteiger partial charge in [0.15, 0.2) is 0 Å². The molecule has 0 bridgehead atoms. The third-order valence-electron chi connectivity index (χ3n) is 6.07. The van der Waals surface area contributed by atoms with E-state index in [-0.39, 0.29) is 24.0 Å². The van der Waals surface area contributed by atoms with E-state index in [9.17, 15) is 18.0 Å². The zero-order valence-corrected chi connectivity index (χ0v) is 24.5. The number of amidine groups is 1. The molecule has 0 atom stereocenters. The Morgan fingerprint density at radius 3 is 2.56 bits per heavy atom. The van der Waals surface area contributed by atoms with Crippen LogP contribution in [0.2, 0.25) is 0 Å². The summed E-state index contributed by atoms with van der Waals surface area (Å²) in [4.78, 5) is 26.4. The van der Waals surface area contributed by atoms with Gasteiger partial charge in [-0.15, -0.1) is 23.4 Å². The van der Waals surface area contributed by atoms with Crippen molar-refractivity contribution in [1.82, 2.24) is 20.1 Å². The fourth-order valence-electron chi connectivity index (χ4n) is 4.22. The van der Waals surface area contributed by atoms with Crippen molar-refractivity contribution in [3.8, 4) is 5.75 Å². The quantitative estimate of drug-likeness (QED) is 0.139. The SMILES string of the molecule is C=O.CN.N/N=C(\C=C/CCc1cccc(OC(F)(F)F)c1)N1CCC(c2nnc(NC(=O)Cc3cccnc3)s2)CC1. The predicted molar refractivity (Wildman–Crippen MR) is 159 cm³/mol. The van der Waals surface area contributed by atoms with E-state index in [1.807, 2.05) is 25.0 Å². The number of anilines is 1. The number of ether oxygens (including phenoxy) is 1. The molecule has 11 nitrogen and oxygen atoms in total. The standard InChI is InChI=1S/C26H28F3N7O2S.CH5N.CH2O/c27-26(28,29)38-21-8-3-6-18(15-21)5-1-2-9-22(33-30)36-13-10-20(11-14-36)24-34-35-25(39-24)32-23(37)16-19-7-4-12-31-17-19;2*1-2/h2-4,6-9,12,15,17,20H,1,5,10-11,13-14,16,30H2,(H,32,35,37);2H2,1H3;1H2/b9-2-,33-22+;;. The summed E-state index contributed by atoms with van der Waals surface area (Å²) < 4.78 is 41.3. The van der Waals surface area contributed by atoms with Crippen LogP contribution in [0, 0.1) is 0 Å². The van der Waals surface area contributed by atoms with Crippen LogP contribution >= 0.6 is 11.3 Å². The largest absolute Gasteiger partial charge is 0.573 e. The molecular formula is C28H35F3N8O3S.